The second-order valence-electron chi connectivity index (χ2n) is 5.40. The number of hydrogen-bond acceptors (Lipinski definition) is 2. The summed E-state index contributed by atoms with van der Waals surface area (Å²) in [6.07, 6.45) is 6.61. The average molecular weight is 302 g/mol. The summed E-state index contributed by atoms with van der Waals surface area (Å²) >= 11 is 0. The van der Waals surface area contributed by atoms with E-state index >= 15 is 0 Å². The van der Waals surface area contributed by atoms with Crippen LogP contribution in [0.4, 0.5) is 4.79 Å². The minimum Gasteiger partial charge on any atom is -0.481 e. The molecule has 2 amide bonds. The molecule has 0 aromatic heterocycles. The van der Waals surface area contributed by atoms with E-state index < -0.39 is 5.97 Å². The van der Waals surface area contributed by atoms with Crippen LogP contribution >= 0.6 is 0 Å². The molecule has 1 aliphatic heterocycles. The van der Waals surface area contributed by atoms with E-state index in [0.29, 0.717) is 13.0 Å². The van der Waals surface area contributed by atoms with Gasteiger partial charge in [-0.15, -0.1) is 0 Å². The van der Waals surface area contributed by atoms with E-state index in [1.54, 1.807) is 0 Å². The Kier molecular flexibility index (Phi) is 6.01. The van der Waals surface area contributed by atoms with Crippen molar-refractivity contribution >= 4 is 18.1 Å². The third-order valence-corrected chi connectivity index (χ3v) is 3.71. The van der Waals surface area contributed by atoms with Crippen LogP contribution < -0.4 is 5.32 Å². The van der Waals surface area contributed by atoms with Crippen LogP contribution in [0.3, 0.4) is 0 Å². The minimum absolute atomic E-state index is 0.0810. The number of hydrogen-bond donors (Lipinski definition) is 2. The van der Waals surface area contributed by atoms with Crippen molar-refractivity contribution in [3.8, 4) is 0 Å². The standard InChI is InChI=1S/C17H22N2O3/c20-16(21)9-4-12-18-17(22)19-13-5-8-15(19)11-10-14-6-2-1-3-7-14/h1-3,6-7,10-11,15H,4-5,8-9,12-13H2,(H,18,22)(H,20,21)/b11-10+. The van der Waals surface area contributed by atoms with Gasteiger partial charge in [0.15, 0.2) is 0 Å². The van der Waals surface area contributed by atoms with Gasteiger partial charge in [0.05, 0.1) is 6.04 Å². The van der Waals surface area contributed by atoms with Gasteiger partial charge in [0.2, 0.25) is 0 Å². The minimum atomic E-state index is -0.834. The van der Waals surface area contributed by atoms with E-state index in [2.05, 4.69) is 11.4 Å². The number of nitrogens with one attached hydrogen (secondary N) is 1. The zero-order valence-corrected chi connectivity index (χ0v) is 12.6. The number of rotatable bonds is 6. The van der Waals surface area contributed by atoms with Gasteiger partial charge >= 0.3 is 12.0 Å². The van der Waals surface area contributed by atoms with Crippen LogP contribution in [0.1, 0.15) is 31.2 Å². The van der Waals surface area contributed by atoms with Gasteiger partial charge in [-0.05, 0) is 24.8 Å². The maximum atomic E-state index is 12.1. The molecule has 2 N–H and O–H groups in total. The second-order valence-corrected chi connectivity index (χ2v) is 5.40. The molecule has 0 radical (unpaired) electrons. The molecule has 118 valence electrons. The Balaban J connectivity index is 1.83. The Morgan fingerprint density at radius 1 is 1.32 bits per heavy atom. The lowest BCUT2D eigenvalue weighted by Gasteiger charge is -2.22. The normalized spacial score (nSPS) is 17.8. The Morgan fingerprint density at radius 2 is 2.09 bits per heavy atom. The molecule has 1 heterocycles. The number of carboxylic acid groups (broad SMARTS) is 1. The molecule has 0 saturated carbocycles. The van der Waals surface area contributed by atoms with Crippen LogP contribution in [0, 0.1) is 0 Å². The number of likely N-dealkylation sites (tertiary alicyclic amines) is 1. The molecule has 1 aromatic rings. The summed E-state index contributed by atoms with van der Waals surface area (Å²) in [6.45, 7) is 1.14. The molecule has 1 aliphatic rings. The van der Waals surface area contributed by atoms with Crippen molar-refractivity contribution in [3.63, 3.8) is 0 Å². The van der Waals surface area contributed by atoms with Gasteiger partial charge < -0.3 is 15.3 Å². The van der Waals surface area contributed by atoms with E-state index in [1.807, 2.05) is 41.3 Å². The van der Waals surface area contributed by atoms with Gasteiger partial charge in [0, 0.05) is 19.5 Å². The van der Waals surface area contributed by atoms with Crippen molar-refractivity contribution in [1.82, 2.24) is 10.2 Å². The first-order valence-electron chi connectivity index (χ1n) is 7.66. The Morgan fingerprint density at radius 3 is 2.82 bits per heavy atom. The zero-order chi connectivity index (χ0) is 15.8. The number of carboxylic acids is 1. The van der Waals surface area contributed by atoms with E-state index in [9.17, 15) is 9.59 Å². The summed E-state index contributed by atoms with van der Waals surface area (Å²) in [5.41, 5.74) is 1.12. The number of amides is 2. The highest BCUT2D eigenvalue weighted by molar-refractivity contribution is 5.75. The summed E-state index contributed by atoms with van der Waals surface area (Å²) in [5, 5.41) is 11.4. The lowest BCUT2D eigenvalue weighted by atomic mass is 10.1. The number of carbonyl (C=O) groups is 2. The maximum Gasteiger partial charge on any atom is 0.317 e. The molecule has 0 aliphatic carbocycles. The van der Waals surface area contributed by atoms with Crippen LogP contribution in [0.25, 0.3) is 6.08 Å². The SMILES string of the molecule is O=C(O)CCCNC(=O)N1CCCC1/C=C/c1ccccc1. The molecule has 1 fully saturated rings. The number of carbonyl (C=O) groups excluding carboxylic acids is 1. The van der Waals surface area contributed by atoms with Gasteiger partial charge in [-0.1, -0.05) is 42.5 Å². The predicted molar refractivity (Wildman–Crippen MR) is 85.5 cm³/mol. The van der Waals surface area contributed by atoms with Crippen molar-refractivity contribution in [1.29, 1.82) is 0 Å². The quantitative estimate of drug-likeness (QED) is 0.794. The lowest BCUT2D eigenvalue weighted by Crippen LogP contribution is -2.42. The van der Waals surface area contributed by atoms with Crippen molar-refractivity contribution < 1.29 is 14.7 Å². The zero-order valence-electron chi connectivity index (χ0n) is 12.6. The monoisotopic (exact) mass is 302 g/mol. The number of urea groups is 1. The van der Waals surface area contributed by atoms with Crippen LogP contribution in [0.5, 0.6) is 0 Å². The Bertz CT molecular complexity index is 528. The molecule has 1 saturated heterocycles. The molecule has 1 aromatic carbocycles. The van der Waals surface area contributed by atoms with Gasteiger partial charge in [-0.2, -0.15) is 0 Å². The topological polar surface area (TPSA) is 69.6 Å². The number of benzene rings is 1. The summed E-state index contributed by atoms with van der Waals surface area (Å²) in [4.78, 5) is 24.4. The Labute approximate surface area is 130 Å². The molecule has 0 bridgehead atoms. The van der Waals surface area contributed by atoms with Crippen molar-refractivity contribution in [2.75, 3.05) is 13.1 Å². The highest BCUT2D eigenvalue weighted by atomic mass is 16.4. The van der Waals surface area contributed by atoms with Gasteiger partial charge in [-0.3, -0.25) is 4.79 Å². The molecule has 5 nitrogen and oxygen atoms in total. The van der Waals surface area contributed by atoms with Crippen LogP contribution in [-0.4, -0.2) is 41.1 Å². The molecule has 1 atom stereocenters. The molecule has 5 heteroatoms. The number of aliphatic carboxylic acids is 1. The third kappa shape index (κ3) is 4.91. The highest BCUT2D eigenvalue weighted by Crippen LogP contribution is 2.19. The third-order valence-electron chi connectivity index (χ3n) is 3.71. The lowest BCUT2D eigenvalue weighted by molar-refractivity contribution is -0.137. The fourth-order valence-corrected chi connectivity index (χ4v) is 2.57. The summed E-state index contributed by atoms with van der Waals surface area (Å²) in [5.74, 6) is -0.834. The fourth-order valence-electron chi connectivity index (χ4n) is 2.57. The second kappa shape index (κ2) is 8.22. The first kappa shape index (κ1) is 16.1. The number of nitrogens with zero attached hydrogens (tertiary/aromatic N) is 1. The van der Waals surface area contributed by atoms with Crippen molar-refractivity contribution in [2.24, 2.45) is 0 Å². The molecule has 22 heavy (non-hydrogen) atoms. The van der Waals surface area contributed by atoms with Crippen LogP contribution in [-0.2, 0) is 4.79 Å². The van der Waals surface area contributed by atoms with Crippen molar-refractivity contribution in [2.45, 2.75) is 31.7 Å². The molecular weight excluding hydrogens is 280 g/mol. The average Bonchev–Trinajstić information content (AvgIpc) is 2.99. The van der Waals surface area contributed by atoms with E-state index in [-0.39, 0.29) is 18.5 Å². The first-order chi connectivity index (χ1) is 10.7. The fraction of sp³-hybridized carbons (Fsp3) is 0.412. The van der Waals surface area contributed by atoms with Crippen molar-refractivity contribution in [3.05, 3.63) is 42.0 Å². The van der Waals surface area contributed by atoms with E-state index in [0.717, 1.165) is 24.9 Å². The molecule has 2 rings (SSSR count). The van der Waals surface area contributed by atoms with E-state index in [1.165, 1.54) is 0 Å². The molecular formula is C17H22N2O3. The van der Waals surface area contributed by atoms with Crippen LogP contribution in [0.2, 0.25) is 0 Å². The molecule has 0 spiro atoms. The Hall–Kier alpha value is -2.30. The van der Waals surface area contributed by atoms with Gasteiger partial charge in [-0.25, -0.2) is 4.79 Å². The largest absolute Gasteiger partial charge is 0.481 e. The molecule has 1 unspecified atom stereocenters. The highest BCUT2D eigenvalue weighted by Gasteiger charge is 2.26. The summed E-state index contributed by atoms with van der Waals surface area (Å²) in [6, 6.07) is 10.0. The maximum absolute atomic E-state index is 12.1. The van der Waals surface area contributed by atoms with Crippen LogP contribution in [0.15, 0.2) is 36.4 Å². The van der Waals surface area contributed by atoms with E-state index in [4.69, 9.17) is 5.11 Å². The summed E-state index contributed by atoms with van der Waals surface area (Å²) in [7, 11) is 0. The summed E-state index contributed by atoms with van der Waals surface area (Å²) < 4.78 is 0. The van der Waals surface area contributed by atoms with Gasteiger partial charge in [0.1, 0.15) is 0 Å². The smallest absolute Gasteiger partial charge is 0.317 e. The first-order valence-corrected chi connectivity index (χ1v) is 7.66. The van der Waals surface area contributed by atoms with Gasteiger partial charge in [0.25, 0.3) is 0 Å². The predicted octanol–water partition coefficient (Wildman–Crippen LogP) is 2.74.